The number of carbonyl (C=O) groups excluding carboxylic acids is 1. The molecule has 3 rings (SSSR count). The average Bonchev–Trinajstić information content (AvgIpc) is 3.14. The number of benzene rings is 1. The summed E-state index contributed by atoms with van der Waals surface area (Å²) < 4.78 is 38.3. The number of alkyl halides is 3. The zero-order valence-electron chi connectivity index (χ0n) is 17.2. The Morgan fingerprint density at radius 3 is 2.27 bits per heavy atom. The molecule has 5 nitrogen and oxygen atoms in total. The first kappa shape index (κ1) is 24.7. The number of hydrogen-bond acceptors (Lipinski definition) is 2. The molecule has 1 aliphatic carbocycles. The van der Waals surface area contributed by atoms with Crippen LogP contribution in [0.4, 0.5) is 13.2 Å². The molecule has 0 bridgehead atoms. The Labute approximate surface area is 192 Å². The monoisotopic (exact) mass is 538 g/mol. The van der Waals surface area contributed by atoms with Crippen LogP contribution in [-0.4, -0.2) is 42.6 Å². The van der Waals surface area contributed by atoms with E-state index in [0.29, 0.717) is 51.3 Å². The van der Waals surface area contributed by atoms with Crippen LogP contribution in [0.25, 0.3) is 0 Å². The van der Waals surface area contributed by atoms with E-state index < -0.39 is 12.1 Å². The van der Waals surface area contributed by atoms with E-state index in [4.69, 9.17) is 0 Å². The summed E-state index contributed by atoms with van der Waals surface area (Å²) in [7, 11) is 1.64. The smallest absolute Gasteiger partial charge is 0.356 e. The van der Waals surface area contributed by atoms with Crippen molar-refractivity contribution in [2.75, 3.05) is 13.6 Å². The molecular formula is C21H30F3IN4O. The van der Waals surface area contributed by atoms with Crippen molar-refractivity contribution < 1.29 is 18.0 Å². The zero-order chi connectivity index (χ0) is 20.9. The summed E-state index contributed by atoms with van der Waals surface area (Å²) in [6.45, 7) is 1.93. The van der Waals surface area contributed by atoms with Crippen LogP contribution in [-0.2, 0) is 17.9 Å². The van der Waals surface area contributed by atoms with Gasteiger partial charge < -0.3 is 15.5 Å². The third-order valence-corrected chi connectivity index (χ3v) is 5.81. The molecule has 1 saturated carbocycles. The van der Waals surface area contributed by atoms with Crippen LogP contribution in [0.2, 0.25) is 0 Å². The summed E-state index contributed by atoms with van der Waals surface area (Å²) in [4.78, 5) is 18.4. The van der Waals surface area contributed by atoms with Crippen LogP contribution in [0.15, 0.2) is 29.3 Å². The first-order chi connectivity index (χ1) is 13.9. The van der Waals surface area contributed by atoms with Crippen molar-refractivity contribution >= 4 is 35.8 Å². The number of guanidine groups is 1. The molecular weight excluding hydrogens is 508 g/mol. The molecule has 2 aliphatic rings. The predicted octanol–water partition coefficient (Wildman–Crippen LogP) is 4.21. The Bertz CT molecular complexity index is 708. The lowest BCUT2D eigenvalue weighted by atomic mass is 9.85. The van der Waals surface area contributed by atoms with Crippen molar-refractivity contribution in [1.29, 1.82) is 0 Å². The van der Waals surface area contributed by atoms with Crippen LogP contribution in [0.3, 0.4) is 0 Å². The van der Waals surface area contributed by atoms with E-state index in [-0.39, 0.29) is 48.8 Å². The number of nitrogens with zero attached hydrogens (tertiary/aromatic N) is 2. The van der Waals surface area contributed by atoms with Crippen LogP contribution in [0.1, 0.15) is 49.7 Å². The van der Waals surface area contributed by atoms with Gasteiger partial charge in [-0.15, -0.1) is 24.0 Å². The molecule has 0 atom stereocenters. The lowest BCUT2D eigenvalue weighted by Gasteiger charge is -2.31. The Hall–Kier alpha value is -1.52. The molecule has 30 heavy (non-hydrogen) atoms. The van der Waals surface area contributed by atoms with E-state index in [1.165, 1.54) is 11.1 Å². The normalized spacial score (nSPS) is 21.6. The largest absolute Gasteiger partial charge is 0.391 e. The Balaban J connectivity index is 0.00000320. The number of carbonyl (C=O) groups is 1. The summed E-state index contributed by atoms with van der Waals surface area (Å²) in [6.07, 6.45) is -1.68. The molecule has 1 amide bonds. The van der Waals surface area contributed by atoms with Gasteiger partial charge in [-0.2, -0.15) is 13.2 Å². The van der Waals surface area contributed by atoms with Crippen molar-refractivity contribution in [1.82, 2.24) is 15.5 Å². The molecule has 0 radical (unpaired) electrons. The minimum atomic E-state index is -4.09. The first-order valence-electron chi connectivity index (χ1n) is 10.2. The molecule has 1 aromatic rings. The van der Waals surface area contributed by atoms with Gasteiger partial charge in [-0.3, -0.25) is 9.79 Å². The van der Waals surface area contributed by atoms with Gasteiger partial charge in [0.2, 0.25) is 5.91 Å². The van der Waals surface area contributed by atoms with Gasteiger partial charge in [-0.05, 0) is 43.2 Å². The number of fused-ring (bicyclic) bond motifs is 1. The molecule has 2 N–H and O–H groups in total. The van der Waals surface area contributed by atoms with Crippen LogP contribution < -0.4 is 10.6 Å². The third kappa shape index (κ3) is 6.75. The molecule has 1 fully saturated rings. The number of hydrogen-bond donors (Lipinski definition) is 2. The number of aliphatic imine (C=N–C) groups is 1. The van der Waals surface area contributed by atoms with Crippen LogP contribution in [0, 0.1) is 5.92 Å². The predicted molar refractivity (Wildman–Crippen MR) is 122 cm³/mol. The quantitative estimate of drug-likeness (QED) is 0.256. The molecule has 0 saturated heterocycles. The summed E-state index contributed by atoms with van der Waals surface area (Å²) in [5.74, 6) is -0.462. The van der Waals surface area contributed by atoms with Gasteiger partial charge in [0.25, 0.3) is 0 Å². The van der Waals surface area contributed by atoms with E-state index >= 15 is 0 Å². The zero-order valence-corrected chi connectivity index (χ0v) is 19.5. The van der Waals surface area contributed by atoms with E-state index in [0.717, 1.165) is 0 Å². The number of rotatable bonds is 5. The van der Waals surface area contributed by atoms with Gasteiger partial charge in [0, 0.05) is 39.1 Å². The topological polar surface area (TPSA) is 56.7 Å². The summed E-state index contributed by atoms with van der Waals surface area (Å²) in [5, 5.41) is 6.38. The second kappa shape index (κ2) is 11.2. The standard InChI is InChI=1S/C21H29F3N4O.HI/c1-25-20(27-18-10-8-17(9-11-18)21(22,23)24)26-12-4-7-19(29)28-13-15-5-2-3-6-16(15)14-28;/h2-3,5-6,17-18H,4,7-14H2,1H3,(H2,25,26,27);1H. The summed E-state index contributed by atoms with van der Waals surface area (Å²) >= 11 is 0. The van der Waals surface area contributed by atoms with E-state index in [9.17, 15) is 18.0 Å². The molecule has 1 heterocycles. The fourth-order valence-electron chi connectivity index (χ4n) is 4.07. The minimum absolute atomic E-state index is 0. The summed E-state index contributed by atoms with van der Waals surface area (Å²) in [5.41, 5.74) is 2.42. The Kier molecular flexibility index (Phi) is 9.24. The van der Waals surface area contributed by atoms with E-state index in [1.54, 1.807) is 7.05 Å². The fourth-order valence-corrected chi connectivity index (χ4v) is 4.07. The average molecular weight is 538 g/mol. The van der Waals surface area contributed by atoms with Crippen LogP contribution in [0.5, 0.6) is 0 Å². The maximum atomic E-state index is 12.8. The van der Waals surface area contributed by atoms with E-state index in [1.807, 2.05) is 17.0 Å². The van der Waals surface area contributed by atoms with Crippen molar-refractivity contribution in [3.05, 3.63) is 35.4 Å². The second-order valence-corrected chi connectivity index (χ2v) is 7.86. The molecule has 0 spiro atoms. The third-order valence-electron chi connectivity index (χ3n) is 5.81. The van der Waals surface area contributed by atoms with Crippen LogP contribution >= 0.6 is 24.0 Å². The molecule has 1 aromatic carbocycles. The molecule has 0 aromatic heterocycles. The highest BCUT2D eigenvalue weighted by molar-refractivity contribution is 14.0. The summed E-state index contributed by atoms with van der Waals surface area (Å²) in [6, 6.07) is 8.10. The fraction of sp³-hybridized carbons (Fsp3) is 0.619. The van der Waals surface area contributed by atoms with Gasteiger partial charge >= 0.3 is 6.18 Å². The van der Waals surface area contributed by atoms with Gasteiger partial charge in [-0.25, -0.2) is 0 Å². The lowest BCUT2D eigenvalue weighted by molar-refractivity contribution is -0.182. The number of amides is 1. The van der Waals surface area contributed by atoms with Gasteiger partial charge in [0.1, 0.15) is 0 Å². The van der Waals surface area contributed by atoms with Gasteiger partial charge in [0.15, 0.2) is 5.96 Å². The van der Waals surface area contributed by atoms with Crippen molar-refractivity contribution in [2.24, 2.45) is 10.9 Å². The first-order valence-corrected chi connectivity index (χ1v) is 10.2. The van der Waals surface area contributed by atoms with Gasteiger partial charge in [0.05, 0.1) is 5.92 Å². The second-order valence-electron chi connectivity index (χ2n) is 7.86. The van der Waals surface area contributed by atoms with Gasteiger partial charge in [-0.1, -0.05) is 24.3 Å². The maximum Gasteiger partial charge on any atom is 0.391 e. The highest BCUT2D eigenvalue weighted by atomic mass is 127. The maximum absolute atomic E-state index is 12.8. The lowest BCUT2D eigenvalue weighted by Crippen LogP contribution is -2.46. The van der Waals surface area contributed by atoms with Crippen molar-refractivity contribution in [3.63, 3.8) is 0 Å². The molecule has 0 unspecified atom stereocenters. The molecule has 168 valence electrons. The van der Waals surface area contributed by atoms with Crippen molar-refractivity contribution in [2.45, 2.75) is 63.8 Å². The molecule has 9 heteroatoms. The number of nitrogens with one attached hydrogen (secondary N) is 2. The SMILES string of the molecule is CN=C(NCCCC(=O)N1Cc2ccccc2C1)NC1CCC(C(F)(F)F)CC1.I. The molecule has 1 aliphatic heterocycles. The highest BCUT2D eigenvalue weighted by Gasteiger charge is 2.41. The van der Waals surface area contributed by atoms with Crippen molar-refractivity contribution in [3.8, 4) is 0 Å². The minimum Gasteiger partial charge on any atom is -0.356 e. The Morgan fingerprint density at radius 1 is 1.13 bits per heavy atom. The Morgan fingerprint density at radius 2 is 1.73 bits per heavy atom. The number of halogens is 4. The highest BCUT2D eigenvalue weighted by Crippen LogP contribution is 2.37. The van der Waals surface area contributed by atoms with E-state index in [2.05, 4.69) is 27.8 Å².